The molecule has 5 aliphatic rings. The Hall–Kier alpha value is -7.30. The molecule has 3 atom stereocenters. The van der Waals surface area contributed by atoms with Crippen LogP contribution in [0.4, 0.5) is 0 Å². The molecule has 0 saturated carbocycles. The van der Waals surface area contributed by atoms with Crippen molar-refractivity contribution in [2.45, 2.75) is 49.6 Å². The van der Waals surface area contributed by atoms with E-state index < -0.39 is 16.5 Å². The van der Waals surface area contributed by atoms with Crippen LogP contribution < -0.4 is 0 Å². The number of para-hydroxylation sites is 2. The number of benzene rings is 8. The van der Waals surface area contributed by atoms with Gasteiger partial charge in [0.05, 0.1) is 10.8 Å². The predicted molar refractivity (Wildman–Crippen MR) is 256 cm³/mol. The highest BCUT2D eigenvalue weighted by Gasteiger charge is 2.67. The fraction of sp³-hybridized carbons (Fsp3) is 0.153. The molecule has 4 nitrogen and oxygen atoms in total. The Morgan fingerprint density at radius 1 is 0.508 bits per heavy atom. The summed E-state index contributed by atoms with van der Waals surface area (Å²) in [5.41, 5.74) is 19.7. The van der Waals surface area contributed by atoms with Crippen molar-refractivity contribution in [3.8, 4) is 33.4 Å². The smallest absolute Gasteiger partial charge is 0.175 e. The minimum atomic E-state index is -0.818. The molecule has 6 bridgehead atoms. The largest absolute Gasteiger partial charge is 0.455 e. The fourth-order valence-electron chi connectivity index (χ4n) is 12.5. The zero-order valence-corrected chi connectivity index (χ0v) is 35.9. The Morgan fingerprint density at radius 3 is 2.00 bits per heavy atom. The lowest BCUT2D eigenvalue weighted by Gasteiger charge is -2.62. The summed E-state index contributed by atoms with van der Waals surface area (Å²) in [6, 6.07) is 63.4. The number of furan rings is 1. The van der Waals surface area contributed by atoms with Gasteiger partial charge < -0.3 is 9.32 Å². The Balaban J connectivity index is 1.11. The zero-order chi connectivity index (χ0) is 42.2. The van der Waals surface area contributed by atoms with Crippen LogP contribution >= 0.6 is 0 Å². The van der Waals surface area contributed by atoms with E-state index in [1.54, 1.807) is 0 Å². The predicted octanol–water partition coefficient (Wildman–Crippen LogP) is 13.5. The van der Waals surface area contributed by atoms with E-state index in [2.05, 4.69) is 203 Å². The van der Waals surface area contributed by atoms with E-state index in [4.69, 9.17) is 14.4 Å². The van der Waals surface area contributed by atoms with Crippen molar-refractivity contribution in [2.24, 2.45) is 9.98 Å². The van der Waals surface area contributed by atoms with Gasteiger partial charge in [-0.15, -0.1) is 0 Å². The van der Waals surface area contributed by atoms with Crippen LogP contribution in [-0.4, -0.2) is 23.6 Å². The molecular formula is C59H43N3O. The Bertz CT molecular complexity index is 3600. The molecule has 2 aliphatic heterocycles. The first-order chi connectivity index (χ1) is 30.6. The number of aliphatic imine (C=N–C) groups is 2. The van der Waals surface area contributed by atoms with E-state index in [9.17, 15) is 0 Å². The molecule has 1 aromatic heterocycles. The first kappa shape index (κ1) is 35.3. The topological polar surface area (TPSA) is 41.1 Å². The highest BCUT2D eigenvalue weighted by atomic mass is 16.3. The van der Waals surface area contributed by atoms with E-state index in [0.29, 0.717) is 0 Å². The van der Waals surface area contributed by atoms with Crippen molar-refractivity contribution in [3.63, 3.8) is 0 Å². The lowest BCUT2D eigenvalue weighted by Crippen LogP contribution is -2.67. The van der Waals surface area contributed by atoms with Gasteiger partial charge in [-0.3, -0.25) is 0 Å². The SMILES string of the molecule is CN1C(c2ccccc2)=NC2=NC13c1ccc(-c4cccc5c4oc4ccccc45)cc1C3(C)c1ccc3c(c1)C1(c4ccccc4-c4ccc2cc41)c1cc(C(C)(C)C)ccc1-3. The quantitative estimate of drug-likeness (QED) is 0.175. The highest BCUT2D eigenvalue weighted by molar-refractivity contribution is 6.15. The number of hydrogen-bond acceptors (Lipinski definition) is 4. The van der Waals surface area contributed by atoms with E-state index in [0.717, 1.165) is 55.9 Å². The van der Waals surface area contributed by atoms with Crippen molar-refractivity contribution in [3.05, 3.63) is 225 Å². The third-order valence-electron chi connectivity index (χ3n) is 15.5. The van der Waals surface area contributed by atoms with Gasteiger partial charge in [-0.25, -0.2) is 9.98 Å². The average molecular weight is 810 g/mol. The molecular weight excluding hydrogens is 767 g/mol. The van der Waals surface area contributed by atoms with Crippen LogP contribution in [0.25, 0.3) is 55.3 Å². The number of fused-ring (bicyclic) bond motifs is 13. The van der Waals surface area contributed by atoms with Crippen LogP contribution in [0.5, 0.6) is 0 Å². The van der Waals surface area contributed by atoms with Gasteiger partial charge in [0.25, 0.3) is 0 Å². The first-order valence-corrected chi connectivity index (χ1v) is 22.2. The van der Waals surface area contributed by atoms with Crippen LogP contribution in [0.3, 0.4) is 0 Å². The van der Waals surface area contributed by atoms with Gasteiger partial charge in [-0.05, 0) is 97.3 Å². The Morgan fingerprint density at radius 2 is 1.16 bits per heavy atom. The maximum absolute atomic E-state index is 6.64. The molecule has 14 rings (SSSR count). The third-order valence-corrected chi connectivity index (χ3v) is 15.5. The summed E-state index contributed by atoms with van der Waals surface area (Å²) in [5.74, 6) is 1.66. The molecule has 0 fully saturated rings. The monoisotopic (exact) mass is 809 g/mol. The molecule has 0 radical (unpaired) electrons. The van der Waals surface area contributed by atoms with Crippen LogP contribution in [0, 0.1) is 0 Å². The molecule has 63 heavy (non-hydrogen) atoms. The van der Waals surface area contributed by atoms with E-state index in [1.165, 1.54) is 66.8 Å². The van der Waals surface area contributed by atoms with Gasteiger partial charge in [0.2, 0.25) is 0 Å². The van der Waals surface area contributed by atoms with E-state index >= 15 is 0 Å². The highest BCUT2D eigenvalue weighted by Crippen LogP contribution is 2.67. The second kappa shape index (κ2) is 11.6. The molecule has 0 saturated heterocycles. The molecule has 0 amide bonds. The summed E-state index contributed by atoms with van der Waals surface area (Å²) in [7, 11) is 2.20. The van der Waals surface area contributed by atoms with Crippen molar-refractivity contribution < 1.29 is 4.42 Å². The summed E-state index contributed by atoms with van der Waals surface area (Å²) in [4.78, 5) is 13.9. The molecule has 8 aromatic carbocycles. The lowest BCUT2D eigenvalue weighted by atomic mass is 9.52. The van der Waals surface area contributed by atoms with Crippen LogP contribution in [0.2, 0.25) is 0 Å². The molecule has 2 spiro atoms. The second-order valence-electron chi connectivity index (χ2n) is 19.5. The van der Waals surface area contributed by atoms with Crippen LogP contribution in [0.15, 0.2) is 184 Å². The normalized spacial score (nSPS) is 21.8. The van der Waals surface area contributed by atoms with Gasteiger partial charge in [-0.1, -0.05) is 172 Å². The first-order valence-electron chi connectivity index (χ1n) is 22.2. The molecule has 3 heterocycles. The second-order valence-corrected chi connectivity index (χ2v) is 19.5. The minimum Gasteiger partial charge on any atom is -0.455 e. The van der Waals surface area contributed by atoms with E-state index in [1.807, 2.05) is 6.07 Å². The summed E-state index contributed by atoms with van der Waals surface area (Å²) in [5, 5.41) is 2.26. The van der Waals surface area contributed by atoms with Crippen LogP contribution in [0.1, 0.15) is 83.3 Å². The van der Waals surface area contributed by atoms with Crippen molar-refractivity contribution >= 4 is 33.6 Å². The molecule has 9 aromatic rings. The van der Waals surface area contributed by atoms with Gasteiger partial charge in [-0.2, -0.15) is 0 Å². The minimum absolute atomic E-state index is 0.0271. The number of nitrogens with zero attached hydrogens (tertiary/aromatic N) is 3. The van der Waals surface area contributed by atoms with Crippen molar-refractivity contribution in [1.82, 2.24) is 4.90 Å². The zero-order valence-electron chi connectivity index (χ0n) is 35.9. The lowest BCUT2D eigenvalue weighted by molar-refractivity contribution is 0.0838. The van der Waals surface area contributed by atoms with Crippen molar-refractivity contribution in [2.75, 3.05) is 7.05 Å². The molecule has 0 N–H and O–H groups in total. The average Bonchev–Trinajstić information content (AvgIpc) is 3.94. The summed E-state index contributed by atoms with van der Waals surface area (Å²) < 4.78 is 6.64. The number of amidine groups is 2. The molecule has 4 heteroatoms. The Kier molecular flexibility index (Phi) is 6.49. The maximum atomic E-state index is 6.64. The number of rotatable bonds is 2. The van der Waals surface area contributed by atoms with Gasteiger partial charge in [0.15, 0.2) is 11.5 Å². The fourth-order valence-corrected chi connectivity index (χ4v) is 12.5. The van der Waals surface area contributed by atoms with Gasteiger partial charge in [0.1, 0.15) is 17.0 Å². The van der Waals surface area contributed by atoms with E-state index in [-0.39, 0.29) is 5.41 Å². The van der Waals surface area contributed by atoms with Crippen molar-refractivity contribution in [1.29, 1.82) is 0 Å². The third kappa shape index (κ3) is 4.09. The Labute approximate surface area is 366 Å². The number of hydrogen-bond donors (Lipinski definition) is 0. The summed E-state index contributed by atoms with van der Waals surface area (Å²) >= 11 is 0. The molecule has 3 unspecified atom stereocenters. The molecule has 300 valence electrons. The maximum Gasteiger partial charge on any atom is 0.175 e. The summed E-state index contributed by atoms with van der Waals surface area (Å²) in [6.07, 6.45) is 0. The van der Waals surface area contributed by atoms with Gasteiger partial charge >= 0.3 is 0 Å². The molecule has 3 aliphatic carbocycles. The van der Waals surface area contributed by atoms with Crippen LogP contribution in [-0.2, 0) is 21.9 Å². The van der Waals surface area contributed by atoms with Gasteiger partial charge in [0, 0.05) is 40.1 Å². The summed E-state index contributed by atoms with van der Waals surface area (Å²) in [6.45, 7) is 9.41. The standard InChI is InChI=1S/C59H43N3O/c1-56(2,3)37-24-27-42-43-28-25-38-33-50(43)58(49(42)32-37)46-20-11-9-16-40(46)41-26-22-36(31-48(41)58)54-60-55(34-14-7-6-8-15-34)62(5)59(61-54)47-29-23-35(30-51(47)57(38,59)4)39-18-13-19-45-44-17-10-12-21-52(44)63-53(39)45/h6-33H,1-5H3. The number of likely N-dealkylation sites (N-methyl/N-ethyl adjacent to an activating group) is 1.